The van der Waals surface area contributed by atoms with E-state index in [-0.39, 0.29) is 6.09 Å². The van der Waals surface area contributed by atoms with Crippen LogP contribution in [-0.4, -0.2) is 24.3 Å². The van der Waals surface area contributed by atoms with Crippen molar-refractivity contribution in [2.75, 3.05) is 11.9 Å². The number of nitrogens with one attached hydrogen (secondary N) is 2. The fraction of sp³-hybridized carbons (Fsp3) is 0.667. The SMILES string of the molecule is CC(C)c1ccc(NC2CCC(CNC(=O)OC(C)(C)C)CC2)cc1. The van der Waals surface area contributed by atoms with Gasteiger partial charge in [-0.3, -0.25) is 0 Å². The van der Waals surface area contributed by atoms with E-state index in [9.17, 15) is 4.79 Å². The summed E-state index contributed by atoms with van der Waals surface area (Å²) in [6.45, 7) is 10.8. The fourth-order valence-corrected chi connectivity index (χ4v) is 3.25. The molecule has 0 bridgehead atoms. The van der Waals surface area contributed by atoms with Crippen LogP contribution in [0.1, 0.15) is 71.8 Å². The number of rotatable bonds is 5. The first-order valence-corrected chi connectivity index (χ1v) is 9.56. The van der Waals surface area contributed by atoms with Gasteiger partial charge in [0.2, 0.25) is 0 Å². The van der Waals surface area contributed by atoms with Crippen LogP contribution < -0.4 is 10.6 Å². The average Bonchev–Trinajstić information content (AvgIpc) is 2.53. The number of ether oxygens (including phenoxy) is 1. The summed E-state index contributed by atoms with van der Waals surface area (Å²) >= 11 is 0. The zero-order valence-electron chi connectivity index (χ0n) is 16.4. The second-order valence-corrected chi connectivity index (χ2v) is 8.52. The first kappa shape index (κ1) is 19.6. The van der Waals surface area contributed by atoms with Gasteiger partial charge in [0.25, 0.3) is 0 Å². The smallest absolute Gasteiger partial charge is 0.407 e. The maximum atomic E-state index is 11.7. The summed E-state index contributed by atoms with van der Waals surface area (Å²) in [4.78, 5) is 11.7. The molecule has 1 saturated carbocycles. The van der Waals surface area contributed by atoms with Crippen LogP contribution in [0.4, 0.5) is 10.5 Å². The number of benzene rings is 1. The molecule has 0 aromatic heterocycles. The quantitative estimate of drug-likeness (QED) is 0.760. The van der Waals surface area contributed by atoms with E-state index in [1.54, 1.807) is 0 Å². The molecule has 1 aromatic carbocycles. The van der Waals surface area contributed by atoms with E-state index >= 15 is 0 Å². The Hall–Kier alpha value is -1.71. The van der Waals surface area contributed by atoms with E-state index in [1.165, 1.54) is 11.3 Å². The number of amides is 1. The van der Waals surface area contributed by atoms with Crippen molar-refractivity contribution in [2.24, 2.45) is 5.92 Å². The Morgan fingerprint density at radius 3 is 2.24 bits per heavy atom. The van der Waals surface area contributed by atoms with Gasteiger partial charge in [-0.05, 0) is 76.0 Å². The van der Waals surface area contributed by atoms with Crippen molar-refractivity contribution in [1.29, 1.82) is 0 Å². The third-order valence-electron chi connectivity index (χ3n) is 4.73. The number of hydrogen-bond acceptors (Lipinski definition) is 3. The highest BCUT2D eigenvalue weighted by molar-refractivity contribution is 5.67. The first-order chi connectivity index (χ1) is 11.7. The highest BCUT2D eigenvalue weighted by Crippen LogP contribution is 2.27. The minimum atomic E-state index is -0.434. The predicted octanol–water partition coefficient (Wildman–Crippen LogP) is 5.31. The normalized spacial score (nSPS) is 21.0. The van der Waals surface area contributed by atoms with Crippen LogP contribution in [0.2, 0.25) is 0 Å². The Kier molecular flexibility index (Phi) is 6.74. The van der Waals surface area contributed by atoms with Gasteiger partial charge in [-0.15, -0.1) is 0 Å². The highest BCUT2D eigenvalue weighted by atomic mass is 16.6. The molecule has 1 aromatic rings. The third-order valence-corrected chi connectivity index (χ3v) is 4.73. The molecule has 0 atom stereocenters. The highest BCUT2D eigenvalue weighted by Gasteiger charge is 2.22. The van der Waals surface area contributed by atoms with Crippen LogP contribution in [0.15, 0.2) is 24.3 Å². The van der Waals surface area contributed by atoms with Crippen LogP contribution in [0.3, 0.4) is 0 Å². The summed E-state index contributed by atoms with van der Waals surface area (Å²) in [5, 5.41) is 6.56. The van der Waals surface area contributed by atoms with Gasteiger partial charge in [0.05, 0.1) is 0 Å². The Bertz CT molecular complexity index is 538. The van der Waals surface area contributed by atoms with Gasteiger partial charge in [0, 0.05) is 18.3 Å². The molecule has 0 heterocycles. The van der Waals surface area contributed by atoms with Gasteiger partial charge >= 0.3 is 6.09 Å². The molecule has 0 saturated heterocycles. The molecule has 2 N–H and O–H groups in total. The molecule has 0 aliphatic heterocycles. The van der Waals surface area contributed by atoms with Gasteiger partial charge in [-0.25, -0.2) is 4.79 Å². The second-order valence-electron chi connectivity index (χ2n) is 8.52. The van der Waals surface area contributed by atoms with Crippen molar-refractivity contribution in [1.82, 2.24) is 5.32 Å². The average molecular weight is 347 g/mol. The molecule has 0 radical (unpaired) electrons. The van der Waals surface area contributed by atoms with E-state index in [1.807, 2.05) is 20.8 Å². The summed E-state index contributed by atoms with van der Waals surface area (Å²) < 4.78 is 5.29. The van der Waals surface area contributed by atoms with Gasteiger partial charge in [-0.1, -0.05) is 26.0 Å². The van der Waals surface area contributed by atoms with Crippen molar-refractivity contribution in [3.8, 4) is 0 Å². The lowest BCUT2D eigenvalue weighted by molar-refractivity contribution is 0.0515. The summed E-state index contributed by atoms with van der Waals surface area (Å²) in [6, 6.07) is 9.33. The van der Waals surface area contributed by atoms with E-state index in [0.717, 1.165) is 25.7 Å². The van der Waals surface area contributed by atoms with Crippen LogP contribution >= 0.6 is 0 Å². The molecule has 1 amide bonds. The van der Waals surface area contributed by atoms with Crippen molar-refractivity contribution in [2.45, 2.75) is 77.9 Å². The van der Waals surface area contributed by atoms with Gasteiger partial charge in [0.1, 0.15) is 5.60 Å². The molecule has 2 rings (SSSR count). The van der Waals surface area contributed by atoms with E-state index in [4.69, 9.17) is 4.74 Å². The van der Waals surface area contributed by atoms with Crippen molar-refractivity contribution in [3.05, 3.63) is 29.8 Å². The summed E-state index contributed by atoms with van der Waals surface area (Å²) in [5.41, 5.74) is 2.15. The molecule has 4 nitrogen and oxygen atoms in total. The number of hydrogen-bond donors (Lipinski definition) is 2. The Morgan fingerprint density at radius 1 is 1.12 bits per heavy atom. The van der Waals surface area contributed by atoms with E-state index in [2.05, 4.69) is 48.7 Å². The molecule has 0 spiro atoms. The zero-order valence-corrected chi connectivity index (χ0v) is 16.4. The second kappa shape index (κ2) is 8.59. The van der Waals surface area contributed by atoms with Crippen LogP contribution in [-0.2, 0) is 4.74 Å². The molecule has 1 aliphatic carbocycles. The predicted molar refractivity (Wildman–Crippen MR) is 104 cm³/mol. The molecule has 25 heavy (non-hydrogen) atoms. The minimum Gasteiger partial charge on any atom is -0.444 e. The summed E-state index contributed by atoms with van der Waals surface area (Å²) in [5.74, 6) is 1.12. The maximum Gasteiger partial charge on any atom is 0.407 e. The largest absolute Gasteiger partial charge is 0.444 e. The molecule has 1 fully saturated rings. The summed E-state index contributed by atoms with van der Waals surface area (Å²) in [7, 11) is 0. The van der Waals surface area contributed by atoms with Crippen molar-refractivity contribution >= 4 is 11.8 Å². The molecular weight excluding hydrogens is 312 g/mol. The lowest BCUT2D eigenvalue weighted by Crippen LogP contribution is -2.37. The van der Waals surface area contributed by atoms with Gasteiger partial charge in [-0.2, -0.15) is 0 Å². The van der Waals surface area contributed by atoms with Crippen LogP contribution in [0.5, 0.6) is 0 Å². The molecular formula is C21H34N2O2. The minimum absolute atomic E-state index is 0.307. The Balaban J connectivity index is 1.70. The monoisotopic (exact) mass is 346 g/mol. The lowest BCUT2D eigenvalue weighted by atomic mass is 9.86. The van der Waals surface area contributed by atoms with Crippen LogP contribution in [0.25, 0.3) is 0 Å². The number of carbonyl (C=O) groups is 1. The standard InChI is InChI=1S/C21H34N2O2/c1-15(2)17-8-12-19(13-9-17)23-18-10-6-16(7-11-18)14-22-20(24)25-21(3,4)5/h8-9,12-13,15-16,18,23H,6-7,10-11,14H2,1-5H3,(H,22,24). The molecule has 4 heteroatoms. The molecule has 0 unspecified atom stereocenters. The maximum absolute atomic E-state index is 11.7. The topological polar surface area (TPSA) is 50.4 Å². The Labute approximate surface area is 152 Å². The van der Waals surface area contributed by atoms with E-state index in [0.29, 0.717) is 24.4 Å². The number of carbonyl (C=O) groups excluding carboxylic acids is 1. The van der Waals surface area contributed by atoms with Gasteiger partial charge < -0.3 is 15.4 Å². The number of alkyl carbamates (subject to hydrolysis) is 1. The molecule has 1 aliphatic rings. The lowest BCUT2D eigenvalue weighted by Gasteiger charge is -2.30. The van der Waals surface area contributed by atoms with E-state index < -0.39 is 5.60 Å². The fourth-order valence-electron chi connectivity index (χ4n) is 3.25. The third kappa shape index (κ3) is 6.97. The van der Waals surface area contributed by atoms with Crippen molar-refractivity contribution < 1.29 is 9.53 Å². The van der Waals surface area contributed by atoms with Gasteiger partial charge in [0.15, 0.2) is 0 Å². The molecule has 140 valence electrons. The Morgan fingerprint density at radius 2 is 1.72 bits per heavy atom. The first-order valence-electron chi connectivity index (χ1n) is 9.56. The summed E-state index contributed by atoms with van der Waals surface area (Å²) in [6.07, 6.45) is 4.26. The van der Waals surface area contributed by atoms with Crippen LogP contribution in [0, 0.1) is 5.92 Å². The number of anilines is 1. The van der Waals surface area contributed by atoms with Crippen molar-refractivity contribution in [3.63, 3.8) is 0 Å². The zero-order chi connectivity index (χ0) is 18.4.